The maximum atomic E-state index is 12.5. The second-order valence-corrected chi connectivity index (χ2v) is 7.96. The molecule has 0 spiro atoms. The van der Waals surface area contributed by atoms with Gasteiger partial charge < -0.3 is 15.4 Å². The van der Waals surface area contributed by atoms with Crippen LogP contribution in [0.5, 0.6) is 5.75 Å². The van der Waals surface area contributed by atoms with Gasteiger partial charge in [-0.1, -0.05) is 30.7 Å². The van der Waals surface area contributed by atoms with E-state index in [1.807, 2.05) is 18.2 Å². The highest BCUT2D eigenvalue weighted by atomic mass is 32.1. The van der Waals surface area contributed by atoms with Gasteiger partial charge in [-0.05, 0) is 55.0 Å². The standard InChI is InChI=1S/C21H22N4O3S2/c1-3-4-10-28-16-7-5-6-14(11-16)19(27)24-20(29)25-21-23-17-9-8-15(22-13(2)26)12-18(17)30-21/h5-9,11-12H,3-4,10H2,1-2H3,(H,22,26)(H2,23,24,25,27,29). The summed E-state index contributed by atoms with van der Waals surface area (Å²) < 4.78 is 6.53. The first-order chi connectivity index (χ1) is 14.4. The molecule has 1 heterocycles. The number of carbonyl (C=O) groups is 2. The average molecular weight is 443 g/mol. The van der Waals surface area contributed by atoms with Crippen molar-refractivity contribution in [2.45, 2.75) is 26.7 Å². The lowest BCUT2D eigenvalue weighted by Gasteiger charge is -2.09. The molecule has 0 atom stereocenters. The Morgan fingerprint density at radius 1 is 1.17 bits per heavy atom. The van der Waals surface area contributed by atoms with Crippen molar-refractivity contribution in [3.63, 3.8) is 0 Å². The molecule has 0 unspecified atom stereocenters. The number of nitrogens with one attached hydrogen (secondary N) is 3. The highest BCUT2D eigenvalue weighted by Gasteiger charge is 2.11. The number of amides is 2. The van der Waals surface area contributed by atoms with Gasteiger partial charge in [-0.15, -0.1) is 0 Å². The van der Waals surface area contributed by atoms with Crippen molar-refractivity contribution in [2.24, 2.45) is 0 Å². The van der Waals surface area contributed by atoms with E-state index in [9.17, 15) is 9.59 Å². The number of carbonyl (C=O) groups excluding carboxylic acids is 2. The molecule has 0 saturated heterocycles. The van der Waals surface area contributed by atoms with Crippen LogP contribution in [0.1, 0.15) is 37.0 Å². The van der Waals surface area contributed by atoms with Crippen LogP contribution in [0.25, 0.3) is 10.2 Å². The molecule has 0 bridgehead atoms. The summed E-state index contributed by atoms with van der Waals surface area (Å²) in [5.41, 5.74) is 1.92. The lowest BCUT2D eigenvalue weighted by atomic mass is 10.2. The molecule has 1 aromatic heterocycles. The molecule has 0 aliphatic heterocycles. The van der Waals surface area contributed by atoms with Gasteiger partial charge >= 0.3 is 0 Å². The van der Waals surface area contributed by atoms with E-state index in [1.165, 1.54) is 18.3 Å². The Morgan fingerprint density at radius 2 is 2.00 bits per heavy atom. The topological polar surface area (TPSA) is 92.3 Å². The Morgan fingerprint density at radius 3 is 2.77 bits per heavy atom. The molecule has 3 N–H and O–H groups in total. The molecule has 3 aromatic rings. The largest absolute Gasteiger partial charge is 0.494 e. The normalized spacial score (nSPS) is 10.5. The quantitative estimate of drug-likeness (QED) is 0.367. The molecule has 2 aromatic carbocycles. The molecule has 0 aliphatic rings. The molecule has 9 heteroatoms. The number of nitrogens with zero attached hydrogens (tertiary/aromatic N) is 1. The average Bonchev–Trinajstić information content (AvgIpc) is 3.09. The summed E-state index contributed by atoms with van der Waals surface area (Å²) in [5, 5.41) is 9.03. The van der Waals surface area contributed by atoms with E-state index in [0.717, 1.165) is 23.1 Å². The molecule has 0 radical (unpaired) electrons. The second-order valence-electron chi connectivity index (χ2n) is 6.52. The van der Waals surface area contributed by atoms with Crippen LogP contribution in [0.3, 0.4) is 0 Å². The molecule has 0 aliphatic carbocycles. The third kappa shape index (κ3) is 5.98. The number of anilines is 2. The molecule has 0 fully saturated rings. The summed E-state index contributed by atoms with van der Waals surface area (Å²) in [6.07, 6.45) is 2.00. The zero-order chi connectivity index (χ0) is 21.5. The van der Waals surface area contributed by atoms with Crippen LogP contribution < -0.4 is 20.7 Å². The summed E-state index contributed by atoms with van der Waals surface area (Å²) in [7, 11) is 0. The van der Waals surface area contributed by atoms with Crippen LogP contribution in [0.2, 0.25) is 0 Å². The predicted octanol–water partition coefficient (Wildman–Crippen LogP) is 4.56. The van der Waals surface area contributed by atoms with Crippen molar-refractivity contribution in [1.29, 1.82) is 0 Å². The van der Waals surface area contributed by atoms with Gasteiger partial charge in [0.25, 0.3) is 5.91 Å². The number of hydrogen-bond acceptors (Lipinski definition) is 6. The number of fused-ring (bicyclic) bond motifs is 1. The van der Waals surface area contributed by atoms with E-state index in [2.05, 4.69) is 27.9 Å². The number of ether oxygens (including phenoxy) is 1. The molecule has 7 nitrogen and oxygen atoms in total. The first-order valence-electron chi connectivity index (χ1n) is 9.48. The molecule has 156 valence electrons. The Balaban J connectivity index is 1.61. The maximum Gasteiger partial charge on any atom is 0.257 e. The third-order valence-corrected chi connectivity index (χ3v) is 5.16. The number of thiazole rings is 1. The molecular weight excluding hydrogens is 420 g/mol. The minimum atomic E-state index is -0.331. The minimum absolute atomic E-state index is 0.138. The van der Waals surface area contributed by atoms with Crippen LogP contribution in [0, 0.1) is 0 Å². The van der Waals surface area contributed by atoms with E-state index in [-0.39, 0.29) is 16.9 Å². The Bertz CT molecular complexity index is 1080. The highest BCUT2D eigenvalue weighted by Crippen LogP contribution is 2.28. The van der Waals surface area contributed by atoms with Crippen LogP contribution in [-0.4, -0.2) is 28.5 Å². The fraction of sp³-hybridized carbons (Fsp3) is 0.238. The fourth-order valence-corrected chi connectivity index (χ4v) is 3.79. The summed E-state index contributed by atoms with van der Waals surface area (Å²) in [4.78, 5) is 28.1. The van der Waals surface area contributed by atoms with Crippen LogP contribution >= 0.6 is 23.6 Å². The maximum absolute atomic E-state index is 12.5. The molecule has 3 rings (SSSR count). The first-order valence-corrected chi connectivity index (χ1v) is 10.7. The number of hydrogen-bond donors (Lipinski definition) is 3. The monoisotopic (exact) mass is 442 g/mol. The zero-order valence-corrected chi connectivity index (χ0v) is 18.3. The fourth-order valence-electron chi connectivity index (χ4n) is 2.62. The lowest BCUT2D eigenvalue weighted by Crippen LogP contribution is -2.34. The number of aromatic nitrogens is 1. The van der Waals surface area contributed by atoms with E-state index in [4.69, 9.17) is 17.0 Å². The van der Waals surface area contributed by atoms with Crippen molar-refractivity contribution in [3.05, 3.63) is 48.0 Å². The van der Waals surface area contributed by atoms with Gasteiger partial charge in [0.15, 0.2) is 10.2 Å². The summed E-state index contributed by atoms with van der Waals surface area (Å²) in [6.45, 7) is 4.16. The molecule has 2 amide bonds. The third-order valence-electron chi connectivity index (χ3n) is 4.02. The number of rotatable bonds is 7. The number of unbranched alkanes of at least 4 members (excludes halogenated alkanes) is 1. The van der Waals surface area contributed by atoms with E-state index in [1.54, 1.807) is 24.3 Å². The van der Waals surface area contributed by atoms with Crippen molar-refractivity contribution in [2.75, 3.05) is 17.2 Å². The van der Waals surface area contributed by atoms with Crippen LogP contribution in [-0.2, 0) is 4.79 Å². The highest BCUT2D eigenvalue weighted by molar-refractivity contribution is 7.80. The van der Waals surface area contributed by atoms with Crippen molar-refractivity contribution >= 4 is 61.5 Å². The van der Waals surface area contributed by atoms with Gasteiger partial charge in [-0.2, -0.15) is 0 Å². The Hall–Kier alpha value is -3.04. The van der Waals surface area contributed by atoms with Gasteiger partial charge in [0.1, 0.15) is 5.75 Å². The van der Waals surface area contributed by atoms with Gasteiger partial charge in [0, 0.05) is 18.2 Å². The van der Waals surface area contributed by atoms with Gasteiger partial charge in [-0.25, -0.2) is 4.98 Å². The zero-order valence-electron chi connectivity index (χ0n) is 16.7. The summed E-state index contributed by atoms with van der Waals surface area (Å²) in [5.74, 6) is 0.180. The smallest absolute Gasteiger partial charge is 0.257 e. The molecule has 30 heavy (non-hydrogen) atoms. The Labute approximate surface area is 183 Å². The van der Waals surface area contributed by atoms with Gasteiger partial charge in [0.05, 0.1) is 16.8 Å². The molecule has 0 saturated carbocycles. The van der Waals surface area contributed by atoms with E-state index >= 15 is 0 Å². The van der Waals surface area contributed by atoms with Crippen LogP contribution in [0.15, 0.2) is 42.5 Å². The van der Waals surface area contributed by atoms with Crippen molar-refractivity contribution in [3.8, 4) is 5.75 Å². The lowest BCUT2D eigenvalue weighted by molar-refractivity contribution is -0.114. The SMILES string of the molecule is CCCCOc1cccc(C(=O)NC(=S)Nc2nc3ccc(NC(C)=O)cc3s2)c1. The van der Waals surface area contributed by atoms with Gasteiger partial charge in [0.2, 0.25) is 5.91 Å². The molecular formula is C21H22N4O3S2. The Kier molecular flexibility index (Phi) is 7.31. The van der Waals surface area contributed by atoms with Crippen LogP contribution in [0.4, 0.5) is 10.8 Å². The second kappa shape index (κ2) is 10.1. The number of thiocarbonyl (C=S) groups is 1. The van der Waals surface area contributed by atoms with Crippen molar-refractivity contribution in [1.82, 2.24) is 10.3 Å². The predicted molar refractivity (Wildman–Crippen MR) is 124 cm³/mol. The van der Waals surface area contributed by atoms with Gasteiger partial charge in [-0.3, -0.25) is 14.9 Å². The van der Waals surface area contributed by atoms with E-state index in [0.29, 0.717) is 28.7 Å². The van der Waals surface area contributed by atoms with E-state index < -0.39 is 0 Å². The van der Waals surface area contributed by atoms with Crippen molar-refractivity contribution < 1.29 is 14.3 Å². The summed E-state index contributed by atoms with van der Waals surface area (Å²) >= 11 is 6.62. The first kappa shape index (κ1) is 21.7. The summed E-state index contributed by atoms with van der Waals surface area (Å²) in [6, 6.07) is 12.4. The number of benzene rings is 2. The minimum Gasteiger partial charge on any atom is -0.494 e.